The van der Waals surface area contributed by atoms with Gasteiger partial charge >= 0.3 is 0 Å². The predicted octanol–water partition coefficient (Wildman–Crippen LogP) is 4.30. The Morgan fingerprint density at radius 3 is 2.83 bits per heavy atom. The van der Waals surface area contributed by atoms with E-state index in [0.717, 1.165) is 16.6 Å². The minimum atomic E-state index is -0.397. The third-order valence-electron chi connectivity index (χ3n) is 4.36. The second-order valence-corrected chi connectivity index (χ2v) is 7.57. The molecule has 29 heavy (non-hydrogen) atoms. The van der Waals surface area contributed by atoms with Crippen LogP contribution in [0.1, 0.15) is 11.1 Å². The molecule has 0 fully saturated rings. The number of hydrogen-bond acceptors (Lipinski definition) is 5. The van der Waals surface area contributed by atoms with Crippen LogP contribution in [0.5, 0.6) is 0 Å². The van der Waals surface area contributed by atoms with E-state index in [-0.39, 0.29) is 11.7 Å². The number of anilines is 1. The van der Waals surface area contributed by atoms with Crippen molar-refractivity contribution < 1.29 is 9.18 Å². The standard InChI is InChI=1S/C21H18FN5OS/c1-13-6-7-18(14(2)8-13)27-20-17(10-25-27)21(24-12-23-20)29-11-19(28)26-16-5-3-4-15(22)9-16/h3-10,12H,11H2,1-2H3,(H,26,28). The zero-order valence-electron chi connectivity index (χ0n) is 15.9. The first-order valence-corrected chi connectivity index (χ1v) is 9.94. The van der Waals surface area contributed by atoms with Crippen molar-refractivity contribution in [2.45, 2.75) is 18.9 Å². The summed E-state index contributed by atoms with van der Waals surface area (Å²) in [5, 5.41) is 8.60. The van der Waals surface area contributed by atoms with Gasteiger partial charge in [0.15, 0.2) is 5.65 Å². The van der Waals surface area contributed by atoms with Crippen LogP contribution in [-0.2, 0) is 4.79 Å². The van der Waals surface area contributed by atoms with Gasteiger partial charge in [-0.05, 0) is 43.7 Å². The van der Waals surface area contributed by atoms with Crippen LogP contribution in [0.3, 0.4) is 0 Å². The van der Waals surface area contributed by atoms with Crippen LogP contribution < -0.4 is 5.32 Å². The molecule has 0 radical (unpaired) electrons. The summed E-state index contributed by atoms with van der Waals surface area (Å²) in [6.07, 6.45) is 3.18. The lowest BCUT2D eigenvalue weighted by Crippen LogP contribution is -2.14. The van der Waals surface area contributed by atoms with Crippen molar-refractivity contribution in [3.05, 3.63) is 71.9 Å². The van der Waals surface area contributed by atoms with E-state index in [1.54, 1.807) is 23.0 Å². The van der Waals surface area contributed by atoms with Crippen LogP contribution in [0.4, 0.5) is 10.1 Å². The summed E-state index contributed by atoms with van der Waals surface area (Å²) >= 11 is 1.29. The Morgan fingerprint density at radius 2 is 2.03 bits per heavy atom. The summed E-state index contributed by atoms with van der Waals surface area (Å²) < 4.78 is 15.0. The van der Waals surface area contributed by atoms with Gasteiger partial charge in [0.05, 0.1) is 23.0 Å². The van der Waals surface area contributed by atoms with E-state index in [0.29, 0.717) is 16.4 Å². The van der Waals surface area contributed by atoms with Crippen molar-refractivity contribution in [1.82, 2.24) is 19.7 Å². The lowest BCUT2D eigenvalue weighted by atomic mass is 10.1. The summed E-state index contributed by atoms with van der Waals surface area (Å²) in [7, 11) is 0. The van der Waals surface area contributed by atoms with Gasteiger partial charge in [-0.15, -0.1) is 0 Å². The third kappa shape index (κ3) is 4.12. The fourth-order valence-corrected chi connectivity index (χ4v) is 3.82. The first-order chi connectivity index (χ1) is 14.0. The topological polar surface area (TPSA) is 72.7 Å². The van der Waals surface area contributed by atoms with E-state index in [1.165, 1.54) is 35.8 Å². The van der Waals surface area contributed by atoms with Gasteiger partial charge in [0, 0.05) is 5.69 Å². The van der Waals surface area contributed by atoms with E-state index in [9.17, 15) is 9.18 Å². The SMILES string of the molecule is Cc1ccc(-n2ncc3c(SCC(=O)Nc4cccc(F)c4)ncnc32)c(C)c1. The predicted molar refractivity (Wildman–Crippen MR) is 112 cm³/mol. The smallest absolute Gasteiger partial charge is 0.234 e. The van der Waals surface area contributed by atoms with Crippen LogP contribution in [0.25, 0.3) is 16.7 Å². The lowest BCUT2D eigenvalue weighted by Gasteiger charge is -2.08. The molecule has 1 N–H and O–H groups in total. The number of aromatic nitrogens is 4. The van der Waals surface area contributed by atoms with Crippen molar-refractivity contribution in [2.24, 2.45) is 0 Å². The van der Waals surface area contributed by atoms with Gasteiger partial charge in [-0.25, -0.2) is 19.0 Å². The molecule has 0 saturated carbocycles. The molecule has 8 heteroatoms. The average molecular weight is 407 g/mol. The van der Waals surface area contributed by atoms with Crippen molar-refractivity contribution in [3.8, 4) is 5.69 Å². The molecule has 0 aliphatic heterocycles. The zero-order chi connectivity index (χ0) is 20.4. The number of carbonyl (C=O) groups excluding carboxylic acids is 1. The number of aryl methyl sites for hydroxylation is 2. The Morgan fingerprint density at radius 1 is 1.17 bits per heavy atom. The molecule has 1 amide bonds. The Kier molecular flexibility index (Phi) is 5.26. The normalized spacial score (nSPS) is 11.0. The molecule has 0 aliphatic rings. The quantitative estimate of drug-likeness (QED) is 0.394. The molecule has 4 rings (SSSR count). The minimum Gasteiger partial charge on any atom is -0.325 e. The fraction of sp³-hybridized carbons (Fsp3) is 0.143. The van der Waals surface area contributed by atoms with Gasteiger partial charge in [-0.1, -0.05) is 35.5 Å². The maximum atomic E-state index is 13.3. The number of halogens is 1. The average Bonchev–Trinajstić information content (AvgIpc) is 3.11. The number of amides is 1. The van der Waals surface area contributed by atoms with E-state index < -0.39 is 5.82 Å². The summed E-state index contributed by atoms with van der Waals surface area (Å²) in [6.45, 7) is 4.08. The maximum Gasteiger partial charge on any atom is 0.234 e. The molecule has 146 valence electrons. The number of fused-ring (bicyclic) bond motifs is 1. The Balaban J connectivity index is 1.54. The van der Waals surface area contributed by atoms with Crippen LogP contribution >= 0.6 is 11.8 Å². The first-order valence-electron chi connectivity index (χ1n) is 8.96. The number of hydrogen-bond donors (Lipinski definition) is 1. The number of nitrogens with zero attached hydrogens (tertiary/aromatic N) is 4. The number of benzene rings is 2. The van der Waals surface area contributed by atoms with Crippen molar-refractivity contribution in [1.29, 1.82) is 0 Å². The molecule has 2 aromatic heterocycles. The van der Waals surface area contributed by atoms with Crippen molar-refractivity contribution in [3.63, 3.8) is 0 Å². The van der Waals surface area contributed by atoms with Gasteiger partial charge in [0.1, 0.15) is 17.2 Å². The van der Waals surface area contributed by atoms with Crippen LogP contribution in [0, 0.1) is 19.7 Å². The minimum absolute atomic E-state index is 0.136. The highest BCUT2D eigenvalue weighted by Gasteiger charge is 2.14. The molecule has 2 heterocycles. The van der Waals surface area contributed by atoms with Crippen LogP contribution in [0.2, 0.25) is 0 Å². The number of thioether (sulfide) groups is 1. The molecule has 4 aromatic rings. The van der Waals surface area contributed by atoms with E-state index >= 15 is 0 Å². The second kappa shape index (κ2) is 8.00. The summed E-state index contributed by atoms with van der Waals surface area (Å²) in [4.78, 5) is 20.9. The molecule has 0 bridgehead atoms. The zero-order valence-corrected chi connectivity index (χ0v) is 16.7. The highest BCUT2D eigenvalue weighted by Crippen LogP contribution is 2.27. The Labute approximate surface area is 171 Å². The monoisotopic (exact) mass is 407 g/mol. The van der Waals surface area contributed by atoms with E-state index in [2.05, 4.69) is 26.4 Å². The maximum absolute atomic E-state index is 13.3. The van der Waals surface area contributed by atoms with E-state index in [1.807, 2.05) is 26.0 Å². The van der Waals surface area contributed by atoms with Gasteiger partial charge in [0.25, 0.3) is 0 Å². The Hall–Kier alpha value is -3.26. The van der Waals surface area contributed by atoms with Gasteiger partial charge in [-0.2, -0.15) is 5.10 Å². The molecule has 0 aliphatic carbocycles. The molecular formula is C21H18FN5OS. The fourth-order valence-electron chi connectivity index (χ4n) is 3.05. The summed E-state index contributed by atoms with van der Waals surface area (Å²) in [5.74, 6) is -0.502. The first kappa shape index (κ1) is 19.1. The molecular weight excluding hydrogens is 389 g/mol. The highest BCUT2D eigenvalue weighted by molar-refractivity contribution is 8.00. The van der Waals surface area contributed by atoms with Gasteiger partial charge in [0.2, 0.25) is 5.91 Å². The number of nitrogens with one attached hydrogen (secondary N) is 1. The summed E-state index contributed by atoms with van der Waals surface area (Å²) in [5.41, 5.74) is 4.32. The molecule has 2 aromatic carbocycles. The highest BCUT2D eigenvalue weighted by atomic mass is 32.2. The number of rotatable bonds is 5. The second-order valence-electron chi connectivity index (χ2n) is 6.61. The molecule has 6 nitrogen and oxygen atoms in total. The number of carbonyl (C=O) groups is 1. The van der Waals surface area contributed by atoms with Crippen LogP contribution in [-0.4, -0.2) is 31.4 Å². The molecule has 0 unspecified atom stereocenters. The van der Waals surface area contributed by atoms with Gasteiger partial charge in [-0.3, -0.25) is 4.79 Å². The van der Waals surface area contributed by atoms with Crippen LogP contribution in [0.15, 0.2) is 60.0 Å². The van der Waals surface area contributed by atoms with Gasteiger partial charge < -0.3 is 5.32 Å². The molecule has 0 atom stereocenters. The molecule has 0 spiro atoms. The largest absolute Gasteiger partial charge is 0.325 e. The third-order valence-corrected chi connectivity index (χ3v) is 5.36. The summed E-state index contributed by atoms with van der Waals surface area (Å²) in [6, 6.07) is 11.9. The Bertz CT molecular complexity index is 1210. The van der Waals surface area contributed by atoms with E-state index in [4.69, 9.17) is 0 Å². The van der Waals surface area contributed by atoms with Crippen molar-refractivity contribution >= 4 is 34.4 Å². The lowest BCUT2D eigenvalue weighted by molar-refractivity contribution is -0.113. The van der Waals surface area contributed by atoms with Crippen molar-refractivity contribution in [2.75, 3.05) is 11.1 Å². The molecule has 0 saturated heterocycles.